The highest BCUT2D eigenvalue weighted by Crippen LogP contribution is 2.38. The average Bonchev–Trinajstić information content (AvgIpc) is 3.51. The number of para-hydroxylation sites is 1. The molecule has 2 fully saturated rings. The lowest BCUT2D eigenvalue weighted by Gasteiger charge is -2.20. The van der Waals surface area contributed by atoms with E-state index in [0.29, 0.717) is 44.3 Å². The predicted octanol–water partition coefficient (Wildman–Crippen LogP) is 4.98. The van der Waals surface area contributed by atoms with Crippen molar-refractivity contribution in [3.63, 3.8) is 0 Å². The molecule has 36 heavy (non-hydrogen) atoms. The topological polar surface area (TPSA) is 81.5 Å². The van der Waals surface area contributed by atoms with Crippen molar-refractivity contribution in [3.05, 3.63) is 70.2 Å². The molecule has 2 aliphatic heterocycles. The number of hydrogen-bond acceptors (Lipinski definition) is 7. The van der Waals surface area contributed by atoms with E-state index < -0.39 is 15.9 Å². The Hall–Kier alpha value is -2.66. The largest absolute Gasteiger partial charge is 0.492 e. The number of aromatic nitrogens is 2. The summed E-state index contributed by atoms with van der Waals surface area (Å²) < 4.78 is 31.6. The molecule has 1 atom stereocenters. The number of sulfone groups is 1. The van der Waals surface area contributed by atoms with E-state index in [1.807, 2.05) is 49.5 Å². The van der Waals surface area contributed by atoms with Crippen LogP contribution in [0.1, 0.15) is 18.9 Å². The first kappa shape index (κ1) is 25.0. The molecular weight excluding hydrogens is 538 g/mol. The number of nitrogens with zero attached hydrogens (tertiary/aromatic N) is 3. The Kier molecular flexibility index (Phi) is 6.95. The fraction of sp³-hybridized carbons (Fsp3) is 0.240. The zero-order valence-electron chi connectivity index (χ0n) is 19.3. The summed E-state index contributed by atoms with van der Waals surface area (Å²) in [5.74, 6) is 0.309. The maximum Gasteiger partial charge on any atom is 0.266 e. The van der Waals surface area contributed by atoms with Gasteiger partial charge in [0.05, 0.1) is 39.8 Å². The number of thiocarbonyl (C=S) groups is 1. The van der Waals surface area contributed by atoms with Crippen LogP contribution in [0.3, 0.4) is 0 Å². The van der Waals surface area contributed by atoms with Crippen LogP contribution >= 0.6 is 35.6 Å². The summed E-state index contributed by atoms with van der Waals surface area (Å²) in [5.41, 5.74) is 2.97. The minimum atomic E-state index is -3.16. The lowest BCUT2D eigenvalue weighted by Crippen LogP contribution is -2.39. The Morgan fingerprint density at radius 3 is 2.69 bits per heavy atom. The molecule has 2 aromatic carbocycles. The molecule has 0 aliphatic carbocycles. The summed E-state index contributed by atoms with van der Waals surface area (Å²) in [4.78, 5) is 15.2. The Morgan fingerprint density at radius 1 is 1.25 bits per heavy atom. The third-order valence-electron chi connectivity index (χ3n) is 5.95. The summed E-state index contributed by atoms with van der Waals surface area (Å²) in [7, 11) is -3.16. The number of carbonyl (C=O) groups excluding carboxylic acids is 1. The first-order valence-electron chi connectivity index (χ1n) is 11.3. The molecule has 1 aromatic heterocycles. The lowest BCUT2D eigenvalue weighted by atomic mass is 10.1. The maximum absolute atomic E-state index is 13.3. The number of rotatable bonds is 6. The molecule has 1 amide bonds. The zero-order chi connectivity index (χ0) is 25.4. The average molecular weight is 560 g/mol. The summed E-state index contributed by atoms with van der Waals surface area (Å²) in [5, 5.41) is 5.26. The van der Waals surface area contributed by atoms with Gasteiger partial charge in [0.25, 0.3) is 5.91 Å². The van der Waals surface area contributed by atoms with E-state index in [1.54, 1.807) is 22.9 Å². The van der Waals surface area contributed by atoms with Crippen LogP contribution in [-0.4, -0.2) is 57.5 Å². The van der Waals surface area contributed by atoms with Crippen molar-refractivity contribution < 1.29 is 17.9 Å². The van der Waals surface area contributed by atoms with Crippen molar-refractivity contribution in [1.29, 1.82) is 0 Å². The van der Waals surface area contributed by atoms with Crippen molar-refractivity contribution in [1.82, 2.24) is 14.7 Å². The van der Waals surface area contributed by atoms with Gasteiger partial charge in [-0.15, -0.1) is 0 Å². The molecule has 186 valence electrons. The Bertz CT molecular complexity index is 1490. The quantitative estimate of drug-likeness (QED) is 0.311. The molecular formula is C25H22ClN3O4S3. The standard InChI is InChI=1S/C25H22ClN3O4S3/c1-2-33-21-9-8-16(12-20(21)26)23-17(14-28(27-23)18-6-4-3-5-7-18)13-22-24(30)29(25(34)35-22)19-10-11-36(31,32)15-19/h3-9,12-14,19H,2,10-11,15H2,1H3. The van der Waals surface area contributed by atoms with Crippen LogP contribution < -0.4 is 4.74 Å². The minimum absolute atomic E-state index is 0.0609. The van der Waals surface area contributed by atoms with Gasteiger partial charge >= 0.3 is 0 Å². The highest BCUT2D eigenvalue weighted by molar-refractivity contribution is 8.26. The molecule has 0 saturated carbocycles. The highest BCUT2D eigenvalue weighted by Gasteiger charge is 2.42. The molecule has 2 saturated heterocycles. The molecule has 7 nitrogen and oxygen atoms in total. The summed E-state index contributed by atoms with van der Waals surface area (Å²) in [6.45, 7) is 2.39. The summed E-state index contributed by atoms with van der Waals surface area (Å²) in [6, 6.07) is 14.7. The summed E-state index contributed by atoms with van der Waals surface area (Å²) >= 11 is 13.1. The summed E-state index contributed by atoms with van der Waals surface area (Å²) in [6.07, 6.45) is 4.00. The van der Waals surface area contributed by atoms with Crippen molar-refractivity contribution in [2.45, 2.75) is 19.4 Å². The van der Waals surface area contributed by atoms with Gasteiger partial charge in [0.15, 0.2) is 9.84 Å². The lowest BCUT2D eigenvalue weighted by molar-refractivity contribution is -0.123. The van der Waals surface area contributed by atoms with Gasteiger partial charge in [0, 0.05) is 17.3 Å². The van der Waals surface area contributed by atoms with Crippen LogP contribution in [0.15, 0.2) is 59.6 Å². The Morgan fingerprint density at radius 2 is 2.03 bits per heavy atom. The number of benzene rings is 2. The van der Waals surface area contributed by atoms with Crippen molar-refractivity contribution in [2.24, 2.45) is 0 Å². The van der Waals surface area contributed by atoms with Gasteiger partial charge in [-0.3, -0.25) is 9.69 Å². The van der Waals surface area contributed by atoms with E-state index in [2.05, 4.69) is 0 Å². The van der Waals surface area contributed by atoms with E-state index >= 15 is 0 Å². The van der Waals surface area contributed by atoms with E-state index in [-0.39, 0.29) is 17.4 Å². The first-order valence-corrected chi connectivity index (χ1v) is 14.7. The van der Waals surface area contributed by atoms with Crippen molar-refractivity contribution in [2.75, 3.05) is 18.1 Å². The third-order valence-corrected chi connectivity index (χ3v) is 9.33. The second-order valence-electron chi connectivity index (χ2n) is 8.40. The molecule has 2 aliphatic rings. The van der Waals surface area contributed by atoms with Gasteiger partial charge in [0.1, 0.15) is 15.8 Å². The van der Waals surface area contributed by atoms with Gasteiger partial charge in [0.2, 0.25) is 0 Å². The van der Waals surface area contributed by atoms with Gasteiger partial charge < -0.3 is 4.74 Å². The number of amides is 1. The van der Waals surface area contributed by atoms with Gasteiger partial charge in [-0.05, 0) is 49.8 Å². The smallest absolute Gasteiger partial charge is 0.266 e. The Balaban J connectivity index is 1.55. The van der Waals surface area contributed by atoms with E-state index in [4.69, 9.17) is 33.7 Å². The molecule has 0 bridgehead atoms. The van der Waals surface area contributed by atoms with E-state index in [1.165, 1.54) is 16.7 Å². The third kappa shape index (κ3) is 4.95. The molecule has 0 spiro atoms. The molecule has 3 aromatic rings. The van der Waals surface area contributed by atoms with Crippen LogP contribution in [0.2, 0.25) is 5.02 Å². The van der Waals surface area contributed by atoms with E-state index in [9.17, 15) is 13.2 Å². The zero-order valence-corrected chi connectivity index (χ0v) is 22.5. The molecule has 3 heterocycles. The van der Waals surface area contributed by atoms with E-state index in [0.717, 1.165) is 11.3 Å². The molecule has 1 unspecified atom stereocenters. The number of ether oxygens (including phenoxy) is 1. The van der Waals surface area contributed by atoms with Gasteiger partial charge in [-0.25, -0.2) is 13.1 Å². The highest BCUT2D eigenvalue weighted by atomic mass is 35.5. The van der Waals surface area contributed by atoms with Gasteiger partial charge in [-0.1, -0.05) is 53.8 Å². The fourth-order valence-corrected chi connectivity index (χ4v) is 7.59. The number of halogens is 1. The van der Waals surface area contributed by atoms with Crippen LogP contribution in [0.4, 0.5) is 0 Å². The molecule has 0 N–H and O–H groups in total. The van der Waals surface area contributed by atoms with Crippen molar-refractivity contribution in [3.8, 4) is 22.7 Å². The minimum Gasteiger partial charge on any atom is -0.492 e. The Labute approximate surface area is 224 Å². The number of thioether (sulfide) groups is 1. The molecule has 5 rings (SSSR count). The first-order chi connectivity index (χ1) is 17.3. The van der Waals surface area contributed by atoms with Crippen molar-refractivity contribution >= 4 is 61.7 Å². The normalized spacial score (nSPS) is 20.4. The monoisotopic (exact) mass is 559 g/mol. The molecule has 11 heteroatoms. The second kappa shape index (κ2) is 10.0. The fourth-order valence-electron chi connectivity index (χ4n) is 4.27. The number of hydrogen-bond donors (Lipinski definition) is 0. The van der Waals surface area contributed by atoms with Crippen LogP contribution in [0, 0.1) is 0 Å². The SMILES string of the molecule is CCOc1ccc(-c2nn(-c3ccccc3)cc2C=C2SC(=S)N(C3CCS(=O)(=O)C3)C2=O)cc1Cl. The maximum atomic E-state index is 13.3. The van der Waals surface area contributed by atoms with Crippen LogP contribution in [0.25, 0.3) is 23.0 Å². The molecule has 0 radical (unpaired) electrons. The second-order valence-corrected chi connectivity index (χ2v) is 12.7. The predicted molar refractivity (Wildman–Crippen MR) is 147 cm³/mol. The number of carbonyl (C=O) groups is 1. The van der Waals surface area contributed by atoms with Gasteiger partial charge in [-0.2, -0.15) is 5.10 Å². The van der Waals surface area contributed by atoms with Crippen LogP contribution in [-0.2, 0) is 14.6 Å². The van der Waals surface area contributed by atoms with Crippen LogP contribution in [0.5, 0.6) is 5.75 Å².